The van der Waals surface area contributed by atoms with Gasteiger partial charge in [0.1, 0.15) is 24.7 Å². The van der Waals surface area contributed by atoms with Crippen molar-refractivity contribution in [2.75, 3.05) is 58.9 Å². The minimum atomic E-state index is -1.24. The molecule has 0 aromatic heterocycles. The Morgan fingerprint density at radius 1 is 0.574 bits per heavy atom. The highest BCUT2D eigenvalue weighted by Crippen LogP contribution is 2.05. The first-order valence-electron chi connectivity index (χ1n) is 14.9. The zero-order valence-electron chi connectivity index (χ0n) is 25.9. The zero-order valence-corrected chi connectivity index (χ0v) is 25.9. The van der Waals surface area contributed by atoms with Crippen LogP contribution in [-0.2, 0) is 46.4 Å². The molecule has 2 amide bonds. The van der Waals surface area contributed by atoms with E-state index in [4.69, 9.17) is 0 Å². The van der Waals surface area contributed by atoms with Gasteiger partial charge in [-0.05, 0) is 11.1 Å². The fraction of sp³-hybridized carbons (Fsp3) is 0.406. The molecule has 254 valence electrons. The maximum absolute atomic E-state index is 12.7. The van der Waals surface area contributed by atoms with E-state index in [1.165, 1.54) is 9.80 Å². The summed E-state index contributed by atoms with van der Waals surface area (Å²) in [5, 5.41) is 33.4. The SMILES string of the molecule is O=CCN(CCN(CC=O)CC(=O)NC(Cc1ccccc1)C(=O)O)CCN(CC(=O)O)CC(=O)NC(Cc1ccccc1)C(=O)O. The lowest BCUT2D eigenvalue weighted by molar-refractivity contribution is -0.143. The fourth-order valence-electron chi connectivity index (χ4n) is 4.70. The standard InChI is InChI=1S/C32H41N5O10/c38-17-15-35(11-13-36(16-18-39)21-28(40)33-26(31(44)45)19-24-7-3-1-4-8-24)12-14-37(23-30(42)43)22-29(41)34-27(32(46)47)20-25-9-5-2-6-10-25/h1-10,17-18,26-27H,11-16,19-23H2,(H,33,40)(H,34,41)(H,42,43)(H,44,45)(H,46,47). The molecule has 0 heterocycles. The van der Waals surface area contributed by atoms with Crippen molar-refractivity contribution in [3.63, 3.8) is 0 Å². The Hall–Kier alpha value is -4.99. The van der Waals surface area contributed by atoms with E-state index in [2.05, 4.69) is 10.6 Å². The maximum atomic E-state index is 12.7. The Morgan fingerprint density at radius 3 is 1.36 bits per heavy atom. The highest BCUT2D eigenvalue weighted by atomic mass is 16.4. The zero-order chi connectivity index (χ0) is 34.6. The number of hydrogen-bond acceptors (Lipinski definition) is 10. The van der Waals surface area contributed by atoms with Gasteiger partial charge in [0.2, 0.25) is 11.8 Å². The minimum absolute atomic E-state index is 0.0257. The topological polar surface area (TPSA) is 214 Å². The van der Waals surface area contributed by atoms with Gasteiger partial charge in [0, 0.05) is 39.0 Å². The van der Waals surface area contributed by atoms with E-state index >= 15 is 0 Å². The predicted octanol–water partition coefficient (Wildman–Crippen LogP) is -1.00. The first-order valence-corrected chi connectivity index (χ1v) is 14.9. The molecule has 5 N–H and O–H groups in total. The van der Waals surface area contributed by atoms with Crippen molar-refractivity contribution >= 4 is 42.3 Å². The molecule has 0 radical (unpaired) electrons. The van der Waals surface area contributed by atoms with Gasteiger partial charge in [0.15, 0.2) is 0 Å². The number of rotatable bonds is 24. The van der Waals surface area contributed by atoms with Gasteiger partial charge in [0.25, 0.3) is 0 Å². The molecule has 0 saturated heterocycles. The van der Waals surface area contributed by atoms with Crippen LogP contribution in [0, 0.1) is 0 Å². The van der Waals surface area contributed by atoms with Crippen molar-refractivity contribution in [3.05, 3.63) is 71.8 Å². The van der Waals surface area contributed by atoms with E-state index in [1.54, 1.807) is 65.6 Å². The van der Waals surface area contributed by atoms with E-state index in [9.17, 15) is 48.9 Å². The number of aliphatic carboxylic acids is 3. The molecule has 0 bridgehead atoms. The van der Waals surface area contributed by atoms with Crippen LogP contribution in [0.5, 0.6) is 0 Å². The number of benzene rings is 2. The highest BCUT2D eigenvalue weighted by molar-refractivity contribution is 5.86. The maximum Gasteiger partial charge on any atom is 0.326 e. The molecule has 0 fully saturated rings. The summed E-state index contributed by atoms with van der Waals surface area (Å²) >= 11 is 0. The lowest BCUT2D eigenvalue weighted by Gasteiger charge is -2.28. The van der Waals surface area contributed by atoms with Crippen LogP contribution in [0.4, 0.5) is 0 Å². The highest BCUT2D eigenvalue weighted by Gasteiger charge is 2.24. The molecule has 15 nitrogen and oxygen atoms in total. The van der Waals surface area contributed by atoms with E-state index in [1.807, 2.05) is 0 Å². The second-order valence-electron chi connectivity index (χ2n) is 10.8. The molecule has 0 aliphatic heterocycles. The number of carboxylic acids is 3. The second-order valence-corrected chi connectivity index (χ2v) is 10.8. The molecule has 2 atom stereocenters. The molecule has 2 rings (SSSR count). The Morgan fingerprint density at radius 2 is 0.957 bits per heavy atom. The third-order valence-corrected chi connectivity index (χ3v) is 7.06. The number of amides is 2. The van der Waals surface area contributed by atoms with Gasteiger partial charge >= 0.3 is 17.9 Å². The van der Waals surface area contributed by atoms with Gasteiger partial charge < -0.3 is 35.5 Å². The summed E-state index contributed by atoms with van der Waals surface area (Å²) in [6, 6.07) is 15.1. The Balaban J connectivity index is 1.96. The van der Waals surface area contributed by atoms with Crippen molar-refractivity contribution in [2.24, 2.45) is 0 Å². The van der Waals surface area contributed by atoms with Gasteiger partial charge in [-0.2, -0.15) is 0 Å². The average molecular weight is 656 g/mol. The molecule has 0 saturated carbocycles. The third-order valence-electron chi connectivity index (χ3n) is 7.06. The number of carbonyl (C=O) groups excluding carboxylic acids is 4. The molecule has 15 heteroatoms. The molecule has 2 aromatic carbocycles. The molecule has 2 aromatic rings. The lowest BCUT2D eigenvalue weighted by atomic mass is 10.1. The van der Waals surface area contributed by atoms with Gasteiger partial charge in [-0.25, -0.2) is 9.59 Å². The summed E-state index contributed by atoms with van der Waals surface area (Å²) in [7, 11) is 0. The van der Waals surface area contributed by atoms with E-state index in [0.717, 1.165) is 5.56 Å². The van der Waals surface area contributed by atoms with Crippen LogP contribution in [0.15, 0.2) is 60.7 Å². The van der Waals surface area contributed by atoms with Crippen LogP contribution in [0.3, 0.4) is 0 Å². The largest absolute Gasteiger partial charge is 0.480 e. The normalized spacial score (nSPS) is 12.3. The Labute approximate surface area is 272 Å². The molecule has 0 spiro atoms. The number of carbonyl (C=O) groups is 7. The molecular formula is C32H41N5O10. The first-order chi connectivity index (χ1) is 22.5. The van der Waals surface area contributed by atoms with Crippen molar-refractivity contribution < 1.29 is 48.9 Å². The smallest absolute Gasteiger partial charge is 0.326 e. The summed E-state index contributed by atoms with van der Waals surface area (Å²) in [6.07, 6.45) is 1.32. The third kappa shape index (κ3) is 15.7. The van der Waals surface area contributed by atoms with Gasteiger partial charge in [-0.1, -0.05) is 60.7 Å². The summed E-state index contributed by atoms with van der Waals surface area (Å²) in [5.74, 6) is -4.97. The van der Waals surface area contributed by atoms with E-state index in [-0.39, 0.29) is 58.7 Å². The van der Waals surface area contributed by atoms with Crippen molar-refractivity contribution in [3.8, 4) is 0 Å². The van der Waals surface area contributed by atoms with E-state index in [0.29, 0.717) is 18.1 Å². The van der Waals surface area contributed by atoms with Crippen molar-refractivity contribution in [1.82, 2.24) is 25.3 Å². The number of carboxylic acid groups (broad SMARTS) is 3. The molecular weight excluding hydrogens is 614 g/mol. The fourth-order valence-corrected chi connectivity index (χ4v) is 4.70. The van der Waals surface area contributed by atoms with Crippen LogP contribution < -0.4 is 10.6 Å². The number of nitrogens with zero attached hydrogens (tertiary/aromatic N) is 3. The minimum Gasteiger partial charge on any atom is -0.480 e. The number of hydrogen-bond donors (Lipinski definition) is 5. The van der Waals surface area contributed by atoms with Crippen molar-refractivity contribution in [1.29, 1.82) is 0 Å². The first kappa shape index (κ1) is 38.2. The number of aldehydes is 2. The summed E-state index contributed by atoms with van der Waals surface area (Å²) in [6.45, 7) is -0.960. The summed E-state index contributed by atoms with van der Waals surface area (Å²) < 4.78 is 0. The van der Waals surface area contributed by atoms with Crippen molar-refractivity contribution in [2.45, 2.75) is 24.9 Å². The van der Waals surface area contributed by atoms with Crippen LogP contribution in [0.2, 0.25) is 0 Å². The van der Waals surface area contributed by atoms with Crippen LogP contribution >= 0.6 is 0 Å². The molecule has 47 heavy (non-hydrogen) atoms. The van der Waals surface area contributed by atoms with Gasteiger partial charge in [-0.15, -0.1) is 0 Å². The molecule has 0 aliphatic rings. The quantitative estimate of drug-likeness (QED) is 0.0860. The van der Waals surface area contributed by atoms with E-state index < -0.39 is 54.9 Å². The predicted molar refractivity (Wildman–Crippen MR) is 169 cm³/mol. The Bertz CT molecular complexity index is 1330. The van der Waals surface area contributed by atoms with Crippen LogP contribution in [0.1, 0.15) is 11.1 Å². The second kappa shape index (κ2) is 20.9. The van der Waals surface area contributed by atoms with Gasteiger partial charge in [0.05, 0.1) is 32.7 Å². The summed E-state index contributed by atoms with van der Waals surface area (Å²) in [5.41, 5.74) is 1.42. The Kier molecular flexibility index (Phi) is 17.0. The number of nitrogens with one attached hydrogen (secondary N) is 2. The van der Waals surface area contributed by atoms with Gasteiger partial charge in [-0.3, -0.25) is 29.1 Å². The molecule has 2 unspecified atom stereocenters. The average Bonchev–Trinajstić information content (AvgIpc) is 3.02. The monoisotopic (exact) mass is 655 g/mol. The van der Waals surface area contributed by atoms with Crippen LogP contribution in [-0.4, -0.2) is 143 Å². The summed E-state index contributed by atoms with van der Waals surface area (Å²) in [4.78, 5) is 87.5. The molecule has 0 aliphatic carbocycles. The lowest BCUT2D eigenvalue weighted by Crippen LogP contribution is -2.49. The van der Waals surface area contributed by atoms with Crippen LogP contribution in [0.25, 0.3) is 0 Å².